The fourth-order valence-corrected chi connectivity index (χ4v) is 2.62. The largest absolute Gasteiger partial charge is 0.225 e. The van der Waals surface area contributed by atoms with E-state index in [1.54, 1.807) is 0 Å². The van der Waals surface area contributed by atoms with Gasteiger partial charge in [0.2, 0.25) is 10.0 Å². The van der Waals surface area contributed by atoms with Gasteiger partial charge in [-0.1, -0.05) is 19.3 Å². The Morgan fingerprint density at radius 1 is 1.18 bits per heavy atom. The number of hydrogen-bond acceptors (Lipinski definition) is 2. The van der Waals surface area contributed by atoms with Crippen molar-refractivity contribution in [2.24, 2.45) is 5.92 Å². The lowest BCUT2D eigenvalue weighted by molar-refractivity contribution is 0.385. The van der Waals surface area contributed by atoms with E-state index in [0.29, 0.717) is 0 Å². The van der Waals surface area contributed by atoms with Crippen LogP contribution >= 0.6 is 0 Å². The predicted octanol–water partition coefficient (Wildman–Crippen LogP) is 1.18. The molecule has 1 saturated carbocycles. The molecule has 1 radical (unpaired) electrons. The number of nitrogens with one attached hydrogen (secondary N) is 1. The number of rotatable bonds is 2. The zero-order chi connectivity index (χ0) is 8.32. The zero-order valence-electron chi connectivity index (χ0n) is 6.54. The van der Waals surface area contributed by atoms with E-state index in [4.69, 9.17) is 5.14 Å². The molecule has 0 heterocycles. The van der Waals surface area contributed by atoms with Crippen molar-refractivity contribution in [1.29, 1.82) is 0 Å². The summed E-state index contributed by atoms with van der Waals surface area (Å²) in [7, 11) is -3.47. The topological polar surface area (TPSA) is 57.9 Å². The van der Waals surface area contributed by atoms with Crippen LogP contribution in [0.2, 0.25) is 0 Å². The van der Waals surface area contributed by atoms with Gasteiger partial charge < -0.3 is 0 Å². The van der Waals surface area contributed by atoms with Crippen molar-refractivity contribution in [1.82, 2.24) is 5.14 Å². The summed E-state index contributed by atoms with van der Waals surface area (Å²) in [5, 5.41) is 6.74. The molecule has 65 valence electrons. The maximum absolute atomic E-state index is 10.6. The fraction of sp³-hybridized carbons (Fsp3) is 1.00. The van der Waals surface area contributed by atoms with Crippen molar-refractivity contribution in [3.63, 3.8) is 0 Å². The quantitative estimate of drug-likeness (QED) is 0.634. The van der Waals surface area contributed by atoms with Gasteiger partial charge in [-0.25, -0.2) is 8.42 Å². The highest BCUT2D eigenvalue weighted by atomic mass is 32.2. The molecule has 1 rings (SSSR count). The highest BCUT2D eigenvalue weighted by Gasteiger charge is 2.18. The van der Waals surface area contributed by atoms with Gasteiger partial charge in [-0.3, -0.25) is 0 Å². The Hall–Kier alpha value is -0.0900. The Bertz CT molecular complexity index is 204. The second-order valence-corrected chi connectivity index (χ2v) is 4.85. The van der Waals surface area contributed by atoms with Gasteiger partial charge in [0.05, 0.1) is 5.75 Å². The van der Waals surface area contributed by atoms with Gasteiger partial charge in [0.15, 0.2) is 0 Å². The molecular formula is C7H14NO2S. The van der Waals surface area contributed by atoms with Gasteiger partial charge in [-0.05, 0) is 18.8 Å². The van der Waals surface area contributed by atoms with Crippen LogP contribution in [0.3, 0.4) is 0 Å². The van der Waals surface area contributed by atoms with Crippen molar-refractivity contribution < 1.29 is 8.42 Å². The molecule has 0 aromatic rings. The van der Waals surface area contributed by atoms with E-state index in [1.165, 1.54) is 6.42 Å². The summed E-state index contributed by atoms with van der Waals surface area (Å²) in [6.07, 6.45) is 5.51. The lowest BCUT2D eigenvalue weighted by atomic mass is 9.91. The standard InChI is InChI=1S/C7H14NO2S/c8-11(9,10)6-7-4-2-1-3-5-7/h7-8H,1-6H2. The lowest BCUT2D eigenvalue weighted by Gasteiger charge is -2.19. The van der Waals surface area contributed by atoms with Crippen LogP contribution in [-0.4, -0.2) is 14.2 Å². The molecule has 0 aromatic carbocycles. The molecule has 1 fully saturated rings. The summed E-state index contributed by atoms with van der Waals surface area (Å²) in [4.78, 5) is 0. The molecular weight excluding hydrogens is 162 g/mol. The van der Waals surface area contributed by atoms with Gasteiger partial charge >= 0.3 is 0 Å². The molecule has 1 aliphatic carbocycles. The van der Waals surface area contributed by atoms with Crippen LogP contribution in [0, 0.1) is 5.92 Å². The maximum Gasteiger partial charge on any atom is 0.225 e. The van der Waals surface area contributed by atoms with Gasteiger partial charge in [0.25, 0.3) is 0 Å². The Labute approximate surface area is 68.0 Å². The molecule has 0 amide bonds. The van der Waals surface area contributed by atoms with Gasteiger partial charge in [0, 0.05) is 0 Å². The van der Waals surface area contributed by atoms with Gasteiger partial charge in [-0.15, -0.1) is 5.14 Å². The minimum atomic E-state index is -3.47. The van der Waals surface area contributed by atoms with Crippen molar-refractivity contribution in [3.8, 4) is 0 Å². The number of hydrogen-bond donors (Lipinski definition) is 0. The molecule has 0 atom stereocenters. The van der Waals surface area contributed by atoms with Crippen LogP contribution in [0.15, 0.2) is 0 Å². The van der Waals surface area contributed by atoms with Crippen LogP contribution in [0.5, 0.6) is 0 Å². The minimum Gasteiger partial charge on any atom is -0.211 e. The van der Waals surface area contributed by atoms with Crippen LogP contribution in [-0.2, 0) is 10.0 Å². The Morgan fingerprint density at radius 3 is 2.18 bits per heavy atom. The first-order chi connectivity index (χ1) is 5.08. The maximum atomic E-state index is 10.6. The third-order valence-electron chi connectivity index (χ3n) is 2.18. The first-order valence-corrected chi connectivity index (χ1v) is 5.70. The molecule has 0 aromatic heterocycles. The number of sulfonamides is 1. The lowest BCUT2D eigenvalue weighted by Crippen LogP contribution is -2.18. The van der Waals surface area contributed by atoms with E-state index >= 15 is 0 Å². The second kappa shape index (κ2) is 3.54. The summed E-state index contributed by atoms with van der Waals surface area (Å²) >= 11 is 0. The van der Waals surface area contributed by atoms with Crippen molar-refractivity contribution in [2.45, 2.75) is 32.1 Å². The molecule has 0 aliphatic heterocycles. The van der Waals surface area contributed by atoms with Crippen LogP contribution in [0.4, 0.5) is 0 Å². The van der Waals surface area contributed by atoms with Crippen molar-refractivity contribution in [3.05, 3.63) is 0 Å². The summed E-state index contributed by atoms with van der Waals surface area (Å²) in [5.41, 5.74) is 0. The molecule has 11 heavy (non-hydrogen) atoms. The molecule has 4 heteroatoms. The van der Waals surface area contributed by atoms with Crippen molar-refractivity contribution >= 4 is 10.0 Å². The molecule has 0 bridgehead atoms. The molecule has 0 unspecified atom stereocenters. The summed E-state index contributed by atoms with van der Waals surface area (Å²) in [5.74, 6) is 0.346. The molecule has 0 saturated heterocycles. The molecule has 1 aliphatic rings. The Morgan fingerprint density at radius 2 is 1.73 bits per heavy atom. The summed E-state index contributed by atoms with van der Waals surface area (Å²) < 4.78 is 21.1. The van der Waals surface area contributed by atoms with Gasteiger partial charge in [0.1, 0.15) is 0 Å². The fourth-order valence-electron chi connectivity index (χ4n) is 1.66. The second-order valence-electron chi connectivity index (χ2n) is 3.29. The average Bonchev–Trinajstić information content (AvgIpc) is 1.85. The Kier molecular flexibility index (Phi) is 2.90. The van der Waals surface area contributed by atoms with Gasteiger partial charge in [-0.2, -0.15) is 0 Å². The van der Waals surface area contributed by atoms with E-state index in [9.17, 15) is 8.42 Å². The van der Waals surface area contributed by atoms with E-state index in [0.717, 1.165) is 25.7 Å². The first kappa shape index (κ1) is 9.00. The monoisotopic (exact) mass is 176 g/mol. The highest BCUT2D eigenvalue weighted by Crippen LogP contribution is 2.24. The molecule has 0 spiro atoms. The third-order valence-corrected chi connectivity index (χ3v) is 3.09. The average molecular weight is 176 g/mol. The van der Waals surface area contributed by atoms with Crippen LogP contribution < -0.4 is 5.14 Å². The molecule has 3 nitrogen and oxygen atoms in total. The first-order valence-electron chi connectivity index (χ1n) is 4.05. The minimum absolute atomic E-state index is 0.0764. The van der Waals surface area contributed by atoms with E-state index in [-0.39, 0.29) is 11.7 Å². The van der Waals surface area contributed by atoms with E-state index < -0.39 is 10.0 Å². The van der Waals surface area contributed by atoms with Crippen molar-refractivity contribution in [2.75, 3.05) is 5.75 Å². The summed E-state index contributed by atoms with van der Waals surface area (Å²) in [6, 6.07) is 0. The summed E-state index contributed by atoms with van der Waals surface area (Å²) in [6.45, 7) is 0. The van der Waals surface area contributed by atoms with E-state index in [2.05, 4.69) is 0 Å². The smallest absolute Gasteiger partial charge is 0.211 e. The highest BCUT2D eigenvalue weighted by molar-refractivity contribution is 7.88. The zero-order valence-corrected chi connectivity index (χ0v) is 7.36. The third kappa shape index (κ3) is 3.72. The SMILES string of the molecule is [NH]S(=O)(=O)CC1CCCCC1. The van der Waals surface area contributed by atoms with Crippen LogP contribution in [0.1, 0.15) is 32.1 Å². The predicted molar refractivity (Wildman–Crippen MR) is 43.5 cm³/mol. The Balaban J connectivity index is 2.36. The van der Waals surface area contributed by atoms with Crippen LogP contribution in [0.25, 0.3) is 0 Å². The normalized spacial score (nSPS) is 21.9. The van der Waals surface area contributed by atoms with E-state index in [1.807, 2.05) is 0 Å². The molecule has 1 N–H and O–H groups in total.